The van der Waals surface area contributed by atoms with E-state index in [1.807, 2.05) is 7.05 Å². The zero-order valence-corrected chi connectivity index (χ0v) is 7.54. The third-order valence-electron chi connectivity index (χ3n) is 2.01. The van der Waals surface area contributed by atoms with Crippen LogP contribution in [0.15, 0.2) is 0 Å². The molecular formula is C8H17NS. The summed E-state index contributed by atoms with van der Waals surface area (Å²) < 4.78 is 0. The lowest BCUT2D eigenvalue weighted by Crippen LogP contribution is -2.11. The Morgan fingerprint density at radius 2 is 2.10 bits per heavy atom. The van der Waals surface area contributed by atoms with Crippen LogP contribution in [0.3, 0.4) is 0 Å². The van der Waals surface area contributed by atoms with Crippen molar-refractivity contribution in [3.05, 3.63) is 0 Å². The minimum absolute atomic E-state index is 0.994. The summed E-state index contributed by atoms with van der Waals surface area (Å²) in [4.78, 5) is 0. The van der Waals surface area contributed by atoms with Crippen molar-refractivity contribution in [2.24, 2.45) is 0 Å². The van der Waals surface area contributed by atoms with Crippen LogP contribution in [-0.2, 0) is 0 Å². The van der Waals surface area contributed by atoms with Crippen LogP contribution in [0, 0.1) is 0 Å². The van der Waals surface area contributed by atoms with E-state index in [4.69, 9.17) is 0 Å². The van der Waals surface area contributed by atoms with Gasteiger partial charge in [0.1, 0.15) is 0 Å². The van der Waals surface area contributed by atoms with Crippen molar-refractivity contribution in [3.63, 3.8) is 0 Å². The fourth-order valence-electron chi connectivity index (χ4n) is 1.38. The molecule has 60 valence electrons. The molecular weight excluding hydrogens is 142 g/mol. The Morgan fingerprint density at radius 1 is 1.40 bits per heavy atom. The molecule has 0 spiro atoms. The molecule has 1 fully saturated rings. The summed E-state index contributed by atoms with van der Waals surface area (Å²) in [5.41, 5.74) is 0. The first-order chi connectivity index (χ1) is 4.93. The fourth-order valence-corrected chi connectivity index (χ4v) is 2.70. The van der Waals surface area contributed by atoms with E-state index in [-0.39, 0.29) is 0 Å². The van der Waals surface area contributed by atoms with Gasteiger partial charge < -0.3 is 5.32 Å². The average Bonchev–Trinajstić information content (AvgIpc) is 2.41. The van der Waals surface area contributed by atoms with Gasteiger partial charge in [0.25, 0.3) is 0 Å². The summed E-state index contributed by atoms with van der Waals surface area (Å²) in [7, 11) is 2.02. The summed E-state index contributed by atoms with van der Waals surface area (Å²) in [6.45, 7) is 1.17. The molecule has 10 heavy (non-hydrogen) atoms. The number of rotatable bonds is 4. The molecule has 1 aliphatic carbocycles. The van der Waals surface area contributed by atoms with Gasteiger partial charge in [0.2, 0.25) is 0 Å². The molecule has 0 bridgehead atoms. The van der Waals surface area contributed by atoms with Crippen molar-refractivity contribution in [1.29, 1.82) is 0 Å². The molecule has 1 N–H and O–H groups in total. The predicted molar refractivity (Wildman–Crippen MR) is 48.6 cm³/mol. The minimum atomic E-state index is 0.994. The normalized spacial score (nSPS) is 20.1. The first-order valence-electron chi connectivity index (χ1n) is 4.19. The molecule has 0 aromatic rings. The van der Waals surface area contributed by atoms with Gasteiger partial charge in [-0.05, 0) is 19.9 Å². The van der Waals surface area contributed by atoms with E-state index in [0.29, 0.717) is 0 Å². The molecule has 2 heteroatoms. The molecule has 0 radical (unpaired) electrons. The zero-order valence-electron chi connectivity index (χ0n) is 6.73. The van der Waals surface area contributed by atoms with E-state index < -0.39 is 0 Å². The van der Waals surface area contributed by atoms with Crippen molar-refractivity contribution in [2.45, 2.75) is 30.9 Å². The first kappa shape index (κ1) is 8.41. The first-order valence-corrected chi connectivity index (χ1v) is 5.24. The predicted octanol–water partition coefficient (Wildman–Crippen LogP) is 1.88. The van der Waals surface area contributed by atoms with E-state index in [9.17, 15) is 0 Å². The Bertz CT molecular complexity index is 79.3. The van der Waals surface area contributed by atoms with Crippen molar-refractivity contribution >= 4 is 11.8 Å². The van der Waals surface area contributed by atoms with Gasteiger partial charge in [0.05, 0.1) is 0 Å². The summed E-state index contributed by atoms with van der Waals surface area (Å²) in [6.07, 6.45) is 5.87. The maximum atomic E-state index is 3.17. The van der Waals surface area contributed by atoms with Crippen molar-refractivity contribution in [3.8, 4) is 0 Å². The molecule has 0 heterocycles. The monoisotopic (exact) mass is 159 g/mol. The van der Waals surface area contributed by atoms with Gasteiger partial charge in [-0.15, -0.1) is 0 Å². The lowest BCUT2D eigenvalue weighted by atomic mass is 10.4. The highest BCUT2D eigenvalue weighted by Crippen LogP contribution is 2.28. The highest BCUT2D eigenvalue weighted by Gasteiger charge is 2.13. The summed E-state index contributed by atoms with van der Waals surface area (Å²) in [5.74, 6) is 1.29. The van der Waals surface area contributed by atoms with Crippen LogP contribution in [-0.4, -0.2) is 24.6 Å². The van der Waals surface area contributed by atoms with E-state index in [0.717, 1.165) is 5.25 Å². The molecule has 1 aliphatic rings. The zero-order chi connectivity index (χ0) is 7.23. The lowest BCUT2D eigenvalue weighted by Gasteiger charge is -2.06. The van der Waals surface area contributed by atoms with E-state index in [1.165, 1.54) is 38.0 Å². The number of thioether (sulfide) groups is 1. The van der Waals surface area contributed by atoms with E-state index in [2.05, 4.69) is 17.1 Å². The van der Waals surface area contributed by atoms with E-state index in [1.54, 1.807) is 0 Å². The molecule has 1 rings (SSSR count). The Kier molecular flexibility index (Phi) is 4.23. The second-order valence-electron chi connectivity index (χ2n) is 2.88. The smallest absolute Gasteiger partial charge is 0.00607 e. The average molecular weight is 159 g/mol. The van der Waals surface area contributed by atoms with Crippen molar-refractivity contribution in [2.75, 3.05) is 19.3 Å². The van der Waals surface area contributed by atoms with Gasteiger partial charge in [-0.3, -0.25) is 0 Å². The molecule has 0 saturated heterocycles. The van der Waals surface area contributed by atoms with Gasteiger partial charge in [0.15, 0.2) is 0 Å². The Morgan fingerprint density at radius 3 is 2.70 bits per heavy atom. The topological polar surface area (TPSA) is 12.0 Å². The van der Waals surface area contributed by atoms with Crippen LogP contribution in [0.1, 0.15) is 25.7 Å². The minimum Gasteiger partial charge on any atom is -0.319 e. The van der Waals surface area contributed by atoms with E-state index >= 15 is 0 Å². The fraction of sp³-hybridized carbons (Fsp3) is 1.00. The molecule has 0 atom stereocenters. The van der Waals surface area contributed by atoms with Gasteiger partial charge in [-0.1, -0.05) is 12.8 Å². The Balaban J connectivity index is 1.91. The summed E-state index contributed by atoms with van der Waals surface area (Å²) in [6, 6.07) is 0. The Labute approximate surface area is 68.0 Å². The number of hydrogen-bond donors (Lipinski definition) is 1. The second-order valence-corrected chi connectivity index (χ2v) is 4.29. The van der Waals surface area contributed by atoms with Gasteiger partial charge in [-0.2, -0.15) is 11.8 Å². The number of hydrogen-bond acceptors (Lipinski definition) is 2. The molecule has 1 saturated carbocycles. The third kappa shape index (κ3) is 2.93. The molecule has 0 unspecified atom stereocenters. The van der Waals surface area contributed by atoms with Crippen molar-refractivity contribution < 1.29 is 0 Å². The summed E-state index contributed by atoms with van der Waals surface area (Å²) >= 11 is 2.15. The largest absolute Gasteiger partial charge is 0.319 e. The van der Waals surface area contributed by atoms with Gasteiger partial charge in [-0.25, -0.2) is 0 Å². The quantitative estimate of drug-likeness (QED) is 0.629. The molecule has 0 aromatic heterocycles. The van der Waals surface area contributed by atoms with Crippen LogP contribution in [0.4, 0.5) is 0 Å². The van der Waals surface area contributed by atoms with Crippen LogP contribution in [0.5, 0.6) is 0 Å². The standard InChI is InChI=1S/C8H17NS/c1-9-6-7-10-8-4-2-3-5-8/h8-9H,2-7H2,1H3. The van der Waals surface area contributed by atoms with Crippen LogP contribution < -0.4 is 5.32 Å². The molecule has 0 aliphatic heterocycles. The SMILES string of the molecule is CNCCSC1CCCC1. The molecule has 0 amide bonds. The maximum absolute atomic E-state index is 3.17. The van der Waals surface area contributed by atoms with Crippen LogP contribution in [0.25, 0.3) is 0 Å². The molecule has 1 nitrogen and oxygen atoms in total. The highest BCUT2D eigenvalue weighted by molar-refractivity contribution is 7.99. The third-order valence-corrected chi connectivity index (χ3v) is 3.39. The summed E-state index contributed by atoms with van der Waals surface area (Å²) in [5, 5.41) is 4.16. The van der Waals surface area contributed by atoms with Crippen molar-refractivity contribution in [1.82, 2.24) is 5.32 Å². The van der Waals surface area contributed by atoms with Crippen LogP contribution >= 0.6 is 11.8 Å². The van der Waals surface area contributed by atoms with Crippen LogP contribution in [0.2, 0.25) is 0 Å². The molecule has 0 aromatic carbocycles. The Hall–Kier alpha value is 0.310. The number of nitrogens with one attached hydrogen (secondary N) is 1. The lowest BCUT2D eigenvalue weighted by molar-refractivity contribution is 0.858. The maximum Gasteiger partial charge on any atom is 0.00607 e. The highest BCUT2D eigenvalue weighted by atomic mass is 32.2. The van der Waals surface area contributed by atoms with Gasteiger partial charge >= 0.3 is 0 Å². The van der Waals surface area contributed by atoms with Gasteiger partial charge in [0, 0.05) is 17.5 Å². The second kappa shape index (κ2) is 5.03.